The summed E-state index contributed by atoms with van der Waals surface area (Å²) >= 11 is 3.11. The highest BCUT2D eigenvalue weighted by Crippen LogP contribution is 2.29. The summed E-state index contributed by atoms with van der Waals surface area (Å²) in [5.74, 6) is 0.802. The lowest BCUT2D eigenvalue weighted by Crippen LogP contribution is -2.04. The van der Waals surface area contributed by atoms with Crippen molar-refractivity contribution in [2.24, 2.45) is 0 Å². The molecule has 0 saturated heterocycles. The summed E-state index contributed by atoms with van der Waals surface area (Å²) in [5, 5.41) is 13.2. The van der Waals surface area contributed by atoms with E-state index in [1.165, 1.54) is 11.3 Å². The second kappa shape index (κ2) is 6.38. The average Bonchev–Trinajstić information content (AvgIpc) is 2.94. The molecule has 0 atom stereocenters. The highest BCUT2D eigenvalue weighted by Gasteiger charge is 2.09. The molecule has 0 radical (unpaired) electrons. The van der Waals surface area contributed by atoms with Crippen LogP contribution in [-0.4, -0.2) is 26.1 Å². The first-order valence-corrected chi connectivity index (χ1v) is 8.02. The van der Waals surface area contributed by atoms with Gasteiger partial charge in [0.2, 0.25) is 0 Å². The summed E-state index contributed by atoms with van der Waals surface area (Å²) in [5.41, 5.74) is 1.06. The zero-order valence-corrected chi connectivity index (χ0v) is 13.2. The predicted molar refractivity (Wildman–Crippen MR) is 77.8 cm³/mol. The summed E-state index contributed by atoms with van der Waals surface area (Å²) in [7, 11) is 0. The first-order valence-electron chi connectivity index (χ1n) is 6.21. The number of rotatable bonds is 6. The molecule has 0 aliphatic heterocycles. The fraction of sp³-hybridized carbons (Fsp3) is 0.583. The lowest BCUT2D eigenvalue weighted by atomic mass is 10.4. The van der Waals surface area contributed by atoms with Crippen LogP contribution in [0.15, 0.2) is 16.6 Å². The third kappa shape index (κ3) is 4.21. The van der Waals surface area contributed by atoms with Crippen LogP contribution in [0.1, 0.15) is 39.4 Å². The monoisotopic (exact) mass is 298 g/mol. The smallest absolute Gasteiger partial charge is 0.295 e. The number of aromatic nitrogens is 4. The third-order valence-corrected chi connectivity index (χ3v) is 4.24. The number of thioether (sulfide) groups is 1. The molecule has 0 bridgehead atoms. The molecule has 0 N–H and O–H groups in total. The molecular formula is C12H18N4OS2. The van der Waals surface area contributed by atoms with E-state index in [9.17, 15) is 0 Å². The summed E-state index contributed by atoms with van der Waals surface area (Å²) < 4.78 is 8.37. The second-order valence-electron chi connectivity index (χ2n) is 4.67. The van der Waals surface area contributed by atoms with Gasteiger partial charge in [-0.1, -0.05) is 16.9 Å². The Kier molecular flexibility index (Phi) is 4.81. The van der Waals surface area contributed by atoms with Crippen molar-refractivity contribution in [3.8, 4) is 5.19 Å². The van der Waals surface area contributed by atoms with Gasteiger partial charge in [-0.25, -0.2) is 0 Å². The average molecular weight is 298 g/mol. The quantitative estimate of drug-likeness (QED) is 0.765. The molecule has 0 aliphatic carbocycles. The van der Waals surface area contributed by atoms with E-state index in [1.54, 1.807) is 11.8 Å². The zero-order chi connectivity index (χ0) is 13.8. The summed E-state index contributed by atoms with van der Waals surface area (Å²) in [6.07, 6.45) is 2.14. The lowest BCUT2D eigenvalue weighted by Gasteiger charge is -2.03. The van der Waals surface area contributed by atoms with Crippen LogP contribution in [0.25, 0.3) is 0 Å². The Morgan fingerprint density at radius 2 is 2.11 bits per heavy atom. The Balaban J connectivity index is 1.89. The number of hydrogen-bond donors (Lipinski definition) is 0. The summed E-state index contributed by atoms with van der Waals surface area (Å²) in [6, 6.07) is 2.44. The van der Waals surface area contributed by atoms with E-state index in [-0.39, 0.29) is 6.10 Å². The van der Waals surface area contributed by atoms with E-state index in [0.717, 1.165) is 15.8 Å². The van der Waals surface area contributed by atoms with Gasteiger partial charge >= 0.3 is 0 Å². The van der Waals surface area contributed by atoms with Gasteiger partial charge in [-0.2, -0.15) is 5.10 Å². The van der Waals surface area contributed by atoms with Crippen molar-refractivity contribution in [2.75, 3.05) is 0 Å². The molecule has 0 unspecified atom stereocenters. The van der Waals surface area contributed by atoms with E-state index in [2.05, 4.69) is 29.1 Å². The van der Waals surface area contributed by atoms with Gasteiger partial charge in [-0.05, 0) is 45.1 Å². The fourth-order valence-electron chi connectivity index (χ4n) is 1.38. The summed E-state index contributed by atoms with van der Waals surface area (Å²) in [6.45, 7) is 8.19. The third-order valence-electron chi connectivity index (χ3n) is 2.26. The van der Waals surface area contributed by atoms with Crippen LogP contribution in [0.5, 0.6) is 5.19 Å². The Morgan fingerprint density at radius 1 is 1.32 bits per heavy atom. The van der Waals surface area contributed by atoms with Crippen LogP contribution in [-0.2, 0) is 5.75 Å². The van der Waals surface area contributed by atoms with Crippen LogP contribution >= 0.6 is 23.1 Å². The Labute approximate surface area is 121 Å². The van der Waals surface area contributed by atoms with Crippen molar-refractivity contribution in [1.29, 1.82) is 0 Å². The van der Waals surface area contributed by atoms with Gasteiger partial charge < -0.3 is 4.74 Å². The van der Waals surface area contributed by atoms with Crippen LogP contribution in [0.4, 0.5) is 0 Å². The zero-order valence-electron chi connectivity index (χ0n) is 11.5. The molecule has 0 fully saturated rings. The topological polar surface area (TPSA) is 52.8 Å². The first-order chi connectivity index (χ1) is 9.04. The number of hydrogen-bond acceptors (Lipinski definition) is 6. The minimum Gasteiger partial charge on any atom is -0.466 e. The van der Waals surface area contributed by atoms with E-state index >= 15 is 0 Å². The van der Waals surface area contributed by atoms with E-state index in [1.807, 2.05) is 30.8 Å². The molecular weight excluding hydrogens is 280 g/mol. The van der Waals surface area contributed by atoms with Crippen molar-refractivity contribution in [2.45, 2.75) is 49.9 Å². The number of nitrogens with zero attached hydrogens (tertiary/aromatic N) is 4. The van der Waals surface area contributed by atoms with Crippen molar-refractivity contribution >= 4 is 23.1 Å². The minimum atomic E-state index is 0.132. The molecule has 5 nitrogen and oxygen atoms in total. The largest absolute Gasteiger partial charge is 0.466 e. The molecule has 0 aliphatic rings. The number of ether oxygens (including phenoxy) is 1. The van der Waals surface area contributed by atoms with Crippen LogP contribution in [0.2, 0.25) is 0 Å². The highest BCUT2D eigenvalue weighted by molar-refractivity contribution is 8.00. The maximum Gasteiger partial charge on any atom is 0.295 e. The molecule has 0 saturated carbocycles. The van der Waals surface area contributed by atoms with Gasteiger partial charge in [0.25, 0.3) is 5.19 Å². The molecule has 2 aromatic rings. The van der Waals surface area contributed by atoms with E-state index < -0.39 is 0 Å². The minimum absolute atomic E-state index is 0.132. The SMILES string of the molecule is CC(C)Oc1nnc(SCc2ccn(C(C)C)n2)s1. The van der Waals surface area contributed by atoms with Crippen LogP contribution in [0, 0.1) is 0 Å². The standard InChI is InChI=1S/C12H18N4OS2/c1-8(2)16-6-5-10(15-16)7-18-12-14-13-11(19-12)17-9(3)4/h5-6,8-9H,7H2,1-4H3. The van der Waals surface area contributed by atoms with E-state index in [0.29, 0.717) is 11.2 Å². The van der Waals surface area contributed by atoms with Gasteiger partial charge in [0, 0.05) is 18.0 Å². The molecule has 2 aromatic heterocycles. The highest BCUT2D eigenvalue weighted by atomic mass is 32.2. The molecule has 0 aromatic carbocycles. The molecule has 0 spiro atoms. The second-order valence-corrected chi connectivity index (χ2v) is 6.83. The lowest BCUT2D eigenvalue weighted by molar-refractivity contribution is 0.239. The Hall–Kier alpha value is -1.08. The van der Waals surface area contributed by atoms with Crippen LogP contribution in [0.3, 0.4) is 0 Å². The first kappa shape index (κ1) is 14.3. The molecule has 2 heterocycles. The molecule has 104 valence electrons. The molecule has 7 heteroatoms. The van der Waals surface area contributed by atoms with Gasteiger partial charge in [-0.3, -0.25) is 4.68 Å². The van der Waals surface area contributed by atoms with Crippen molar-refractivity contribution in [3.05, 3.63) is 18.0 Å². The van der Waals surface area contributed by atoms with Crippen molar-refractivity contribution in [3.63, 3.8) is 0 Å². The Bertz CT molecular complexity index is 521. The predicted octanol–water partition coefficient (Wildman–Crippen LogP) is 3.40. The molecule has 19 heavy (non-hydrogen) atoms. The fourth-order valence-corrected chi connectivity index (χ4v) is 3.09. The maximum absolute atomic E-state index is 5.49. The molecule has 0 amide bonds. The van der Waals surface area contributed by atoms with Gasteiger partial charge in [0.1, 0.15) is 0 Å². The van der Waals surface area contributed by atoms with Crippen LogP contribution < -0.4 is 4.74 Å². The Morgan fingerprint density at radius 3 is 2.74 bits per heavy atom. The normalized spacial score (nSPS) is 11.5. The van der Waals surface area contributed by atoms with Gasteiger partial charge in [-0.15, -0.1) is 5.10 Å². The maximum atomic E-state index is 5.49. The molecule has 2 rings (SSSR count). The van der Waals surface area contributed by atoms with Gasteiger partial charge in [0.05, 0.1) is 11.8 Å². The summed E-state index contributed by atoms with van der Waals surface area (Å²) in [4.78, 5) is 0. The van der Waals surface area contributed by atoms with Gasteiger partial charge in [0.15, 0.2) is 4.34 Å². The van der Waals surface area contributed by atoms with Crippen molar-refractivity contribution in [1.82, 2.24) is 20.0 Å². The van der Waals surface area contributed by atoms with Crippen molar-refractivity contribution < 1.29 is 4.74 Å². The van der Waals surface area contributed by atoms with E-state index in [4.69, 9.17) is 4.74 Å².